The first-order valence-electron chi connectivity index (χ1n) is 12.0. The Hall–Kier alpha value is -2.62. The third kappa shape index (κ3) is 5.03. The van der Waals surface area contributed by atoms with Crippen LogP contribution in [0.4, 0.5) is 13.2 Å². The highest BCUT2D eigenvalue weighted by atomic mass is 35.5. The maximum absolute atomic E-state index is 14.5. The van der Waals surface area contributed by atoms with Crippen LogP contribution in [0.15, 0.2) is 24.5 Å². The van der Waals surface area contributed by atoms with E-state index >= 15 is 0 Å². The van der Waals surface area contributed by atoms with Crippen LogP contribution >= 0.6 is 11.6 Å². The first kappa shape index (κ1) is 27.0. The molecule has 0 radical (unpaired) electrons. The van der Waals surface area contributed by atoms with Crippen LogP contribution in [0.3, 0.4) is 0 Å². The van der Waals surface area contributed by atoms with Crippen LogP contribution in [0.25, 0.3) is 11.3 Å². The monoisotopic (exact) mass is 558 g/mol. The predicted molar refractivity (Wildman–Crippen MR) is 125 cm³/mol. The summed E-state index contributed by atoms with van der Waals surface area (Å²) < 4.78 is 62.3. The molecule has 11 nitrogen and oxygen atoms in total. The van der Waals surface area contributed by atoms with E-state index < -0.39 is 60.9 Å². The van der Waals surface area contributed by atoms with Crippen molar-refractivity contribution in [1.29, 1.82) is 0 Å². The van der Waals surface area contributed by atoms with E-state index in [1.165, 1.54) is 34.8 Å². The molecule has 2 fully saturated rings. The number of rotatable bonds is 7. The van der Waals surface area contributed by atoms with E-state index in [2.05, 4.69) is 20.6 Å². The number of alkyl halides is 1. The van der Waals surface area contributed by atoms with Gasteiger partial charge in [-0.1, -0.05) is 22.0 Å². The van der Waals surface area contributed by atoms with Crippen LogP contribution < -0.4 is 0 Å². The van der Waals surface area contributed by atoms with E-state index in [1.807, 2.05) is 0 Å². The van der Waals surface area contributed by atoms with Gasteiger partial charge in [-0.05, 0) is 18.6 Å². The zero-order valence-electron chi connectivity index (χ0n) is 20.2. The molecule has 1 aromatic carbocycles. The van der Waals surface area contributed by atoms with E-state index in [1.54, 1.807) is 6.20 Å². The van der Waals surface area contributed by atoms with Crippen molar-refractivity contribution in [1.82, 2.24) is 30.0 Å². The van der Waals surface area contributed by atoms with Gasteiger partial charge in [0, 0.05) is 31.9 Å². The van der Waals surface area contributed by atoms with Gasteiger partial charge in [-0.25, -0.2) is 22.5 Å². The molecule has 2 aliphatic rings. The Balaban J connectivity index is 1.41. The zero-order valence-corrected chi connectivity index (χ0v) is 21.0. The number of hydrogen-bond donors (Lipinski definition) is 2. The SMILES string of the molecule is CO[C@@H]1[C@@H](n2cc(-c3ccc(Cl)c(F)c3F)nn2)[C@@H](O)[C@@H](CO)O[C@@H]1Cc1cn([C@@H]2CCOC[C@@H]2F)nn1. The van der Waals surface area contributed by atoms with Crippen molar-refractivity contribution < 1.29 is 37.6 Å². The van der Waals surface area contributed by atoms with Crippen molar-refractivity contribution in [2.45, 2.75) is 55.5 Å². The molecule has 0 saturated carbocycles. The van der Waals surface area contributed by atoms with Crippen molar-refractivity contribution >= 4 is 11.6 Å². The minimum absolute atomic E-state index is 0.00360. The van der Waals surface area contributed by atoms with Gasteiger partial charge < -0.3 is 24.4 Å². The summed E-state index contributed by atoms with van der Waals surface area (Å²) in [5.74, 6) is -2.40. The molecular weight excluding hydrogens is 533 g/mol. The molecule has 2 aliphatic heterocycles. The fraction of sp³-hybridized carbons (Fsp3) is 0.565. The topological polar surface area (TPSA) is 130 Å². The fourth-order valence-electron chi connectivity index (χ4n) is 4.96. The van der Waals surface area contributed by atoms with Gasteiger partial charge in [-0.2, -0.15) is 0 Å². The van der Waals surface area contributed by atoms with Crippen LogP contribution in [0, 0.1) is 11.6 Å². The van der Waals surface area contributed by atoms with Crippen molar-refractivity contribution in [2.75, 3.05) is 26.9 Å². The Morgan fingerprint density at radius 1 is 1.13 bits per heavy atom. The summed E-state index contributed by atoms with van der Waals surface area (Å²) in [6.45, 7) is -0.106. The lowest BCUT2D eigenvalue weighted by Crippen LogP contribution is -2.57. The summed E-state index contributed by atoms with van der Waals surface area (Å²) in [6.07, 6.45) is -1.49. The Labute approximate surface area is 220 Å². The van der Waals surface area contributed by atoms with Gasteiger partial charge in [-0.15, -0.1) is 10.2 Å². The molecule has 4 heterocycles. The molecular formula is C23H26ClF3N6O5. The molecule has 0 bridgehead atoms. The first-order chi connectivity index (χ1) is 18.3. The largest absolute Gasteiger partial charge is 0.394 e. The Bertz CT molecular complexity index is 1260. The summed E-state index contributed by atoms with van der Waals surface area (Å²) in [5, 5.41) is 36.7. The maximum Gasteiger partial charge on any atom is 0.178 e. The van der Waals surface area contributed by atoms with E-state index in [0.717, 1.165) is 0 Å². The number of benzene rings is 1. The van der Waals surface area contributed by atoms with E-state index in [4.69, 9.17) is 25.8 Å². The normalized spacial score (nSPS) is 30.0. The third-order valence-electron chi connectivity index (χ3n) is 6.92. The Kier molecular flexibility index (Phi) is 7.98. The van der Waals surface area contributed by atoms with Crippen LogP contribution in [0.2, 0.25) is 5.02 Å². The zero-order chi connectivity index (χ0) is 27.0. The van der Waals surface area contributed by atoms with Gasteiger partial charge in [0.05, 0.1) is 42.3 Å². The van der Waals surface area contributed by atoms with Crippen molar-refractivity contribution in [2.24, 2.45) is 0 Å². The molecule has 0 amide bonds. The molecule has 206 valence electrons. The molecule has 2 aromatic heterocycles. The van der Waals surface area contributed by atoms with Crippen LogP contribution in [0.5, 0.6) is 0 Å². The minimum atomic E-state index is -1.28. The number of ether oxygens (including phenoxy) is 3. The standard InChI is InChI=1S/C23H26ClF3N6O5/c1-36-23-17(6-11-7-32(30-28-11)16-4-5-37-10-14(16)25)38-18(9-34)22(35)21(23)33-8-15(29-31-33)12-2-3-13(24)20(27)19(12)26/h2-3,7-8,14,16-18,21-23,34-35H,4-6,9-10H2,1H3/t14-,16+,17+,18+,21-,22-,23-/m0/s1. The highest BCUT2D eigenvalue weighted by molar-refractivity contribution is 6.30. The number of halogens is 4. The molecule has 2 N–H and O–H groups in total. The molecule has 15 heteroatoms. The smallest absolute Gasteiger partial charge is 0.178 e. The molecule has 2 saturated heterocycles. The quantitative estimate of drug-likeness (QED) is 0.416. The van der Waals surface area contributed by atoms with Gasteiger partial charge in [0.15, 0.2) is 11.6 Å². The van der Waals surface area contributed by atoms with Crippen molar-refractivity contribution in [3.8, 4) is 11.3 Å². The molecule has 3 aromatic rings. The maximum atomic E-state index is 14.5. The summed E-state index contributed by atoms with van der Waals surface area (Å²) in [7, 11) is 1.42. The Morgan fingerprint density at radius 2 is 1.92 bits per heavy atom. The van der Waals surface area contributed by atoms with Crippen LogP contribution in [-0.4, -0.2) is 97.7 Å². The van der Waals surface area contributed by atoms with Crippen molar-refractivity contribution in [3.63, 3.8) is 0 Å². The molecule has 0 aliphatic carbocycles. The van der Waals surface area contributed by atoms with E-state index in [9.17, 15) is 23.4 Å². The number of aliphatic hydroxyl groups is 2. The second-order valence-corrected chi connectivity index (χ2v) is 9.63. The molecule has 0 spiro atoms. The summed E-state index contributed by atoms with van der Waals surface area (Å²) in [4.78, 5) is 0. The van der Waals surface area contributed by atoms with Gasteiger partial charge in [0.1, 0.15) is 36.2 Å². The predicted octanol–water partition coefficient (Wildman–Crippen LogP) is 1.69. The first-order valence-corrected chi connectivity index (χ1v) is 12.4. The lowest BCUT2D eigenvalue weighted by atomic mass is 9.90. The molecule has 38 heavy (non-hydrogen) atoms. The second kappa shape index (κ2) is 11.2. The highest BCUT2D eigenvalue weighted by Gasteiger charge is 2.47. The van der Waals surface area contributed by atoms with Gasteiger partial charge >= 0.3 is 0 Å². The third-order valence-corrected chi connectivity index (χ3v) is 7.21. The highest BCUT2D eigenvalue weighted by Crippen LogP contribution is 2.35. The fourth-order valence-corrected chi connectivity index (χ4v) is 5.11. The number of nitrogens with zero attached hydrogens (tertiary/aromatic N) is 6. The van der Waals surface area contributed by atoms with Crippen molar-refractivity contribution in [3.05, 3.63) is 46.9 Å². The van der Waals surface area contributed by atoms with Gasteiger partial charge in [0.2, 0.25) is 0 Å². The molecule has 7 atom stereocenters. The van der Waals surface area contributed by atoms with Crippen LogP contribution in [-0.2, 0) is 20.6 Å². The van der Waals surface area contributed by atoms with Crippen LogP contribution in [0.1, 0.15) is 24.2 Å². The van der Waals surface area contributed by atoms with E-state index in [0.29, 0.717) is 18.7 Å². The lowest BCUT2D eigenvalue weighted by molar-refractivity contribution is -0.212. The van der Waals surface area contributed by atoms with E-state index in [-0.39, 0.29) is 29.3 Å². The molecule has 0 unspecified atom stereocenters. The average molecular weight is 559 g/mol. The van der Waals surface area contributed by atoms with Gasteiger partial charge in [0.25, 0.3) is 0 Å². The second-order valence-electron chi connectivity index (χ2n) is 9.22. The number of aliphatic hydroxyl groups excluding tert-OH is 2. The number of hydrogen-bond acceptors (Lipinski definition) is 9. The lowest BCUT2D eigenvalue weighted by Gasteiger charge is -2.43. The summed E-state index contributed by atoms with van der Waals surface area (Å²) in [6, 6.07) is 1.05. The average Bonchev–Trinajstić information content (AvgIpc) is 3.58. The van der Waals surface area contributed by atoms with Gasteiger partial charge in [-0.3, -0.25) is 0 Å². The number of methoxy groups -OCH3 is 1. The summed E-state index contributed by atoms with van der Waals surface area (Å²) >= 11 is 5.65. The summed E-state index contributed by atoms with van der Waals surface area (Å²) in [5.41, 5.74) is 0.323. The minimum Gasteiger partial charge on any atom is -0.394 e. The number of aromatic nitrogens is 6. The molecule has 5 rings (SSSR count). The Morgan fingerprint density at radius 3 is 2.66 bits per heavy atom.